The van der Waals surface area contributed by atoms with Crippen LogP contribution in [0.15, 0.2) is 18.5 Å². The van der Waals surface area contributed by atoms with Gasteiger partial charge in [-0.15, -0.1) is 0 Å². The van der Waals surface area contributed by atoms with Crippen LogP contribution in [0.5, 0.6) is 5.75 Å². The summed E-state index contributed by atoms with van der Waals surface area (Å²) in [7, 11) is 0. The van der Waals surface area contributed by atoms with Gasteiger partial charge in [-0.3, -0.25) is 9.89 Å². The zero-order valence-corrected chi connectivity index (χ0v) is 15.5. The highest BCUT2D eigenvalue weighted by atomic mass is 19.1. The van der Waals surface area contributed by atoms with Crippen molar-refractivity contribution in [2.24, 2.45) is 5.92 Å². The Kier molecular flexibility index (Phi) is 3.95. The van der Waals surface area contributed by atoms with E-state index in [-0.39, 0.29) is 29.8 Å². The predicted molar refractivity (Wildman–Crippen MR) is 100 cm³/mol. The number of amides is 1. The fourth-order valence-corrected chi connectivity index (χ4v) is 4.13. The Morgan fingerprint density at radius 2 is 2.11 bits per heavy atom. The largest absolute Gasteiger partial charge is 0.489 e. The molecule has 1 atom stereocenters. The molecule has 0 spiro atoms. The number of H-pyrrole nitrogens is 1. The molecule has 1 unspecified atom stereocenters. The third-order valence-electron chi connectivity index (χ3n) is 6.11. The molecule has 2 saturated carbocycles. The van der Waals surface area contributed by atoms with Gasteiger partial charge in [0.25, 0.3) is 0 Å². The van der Waals surface area contributed by atoms with Gasteiger partial charge in [-0.05, 0) is 57.9 Å². The zero-order chi connectivity index (χ0) is 18.5. The van der Waals surface area contributed by atoms with Crippen LogP contribution in [0.1, 0.15) is 51.0 Å². The average molecular weight is 369 g/mol. The number of carbonyl (C=O) groups excluding carboxylic acids is 1. The van der Waals surface area contributed by atoms with E-state index in [2.05, 4.69) is 10.2 Å². The van der Waals surface area contributed by atoms with Crippen molar-refractivity contribution in [1.29, 1.82) is 0 Å². The summed E-state index contributed by atoms with van der Waals surface area (Å²) in [6, 6.07) is 1.53. The second kappa shape index (κ2) is 6.36. The van der Waals surface area contributed by atoms with Gasteiger partial charge in [-0.2, -0.15) is 5.10 Å². The molecule has 27 heavy (non-hydrogen) atoms. The van der Waals surface area contributed by atoms with Crippen molar-refractivity contribution in [3.63, 3.8) is 0 Å². The highest BCUT2D eigenvalue weighted by molar-refractivity contribution is 5.99. The number of hydrogen-bond acceptors (Lipinski definition) is 3. The van der Waals surface area contributed by atoms with E-state index in [0.29, 0.717) is 5.69 Å². The molecule has 1 amide bonds. The fraction of sp³-hybridized carbons (Fsp3) is 0.524. The number of carbonyl (C=O) groups is 1. The van der Waals surface area contributed by atoms with Gasteiger partial charge in [0, 0.05) is 34.8 Å². The average Bonchev–Trinajstić information content (AvgIpc) is 3.33. The molecule has 0 radical (unpaired) electrons. The van der Waals surface area contributed by atoms with Crippen molar-refractivity contribution < 1.29 is 13.9 Å². The lowest BCUT2D eigenvalue weighted by Crippen LogP contribution is -2.44. The first-order valence-electron chi connectivity index (χ1n) is 9.97. The lowest BCUT2D eigenvalue weighted by Gasteiger charge is -2.38. The first-order valence-corrected chi connectivity index (χ1v) is 9.97. The minimum absolute atomic E-state index is 0.0106. The van der Waals surface area contributed by atoms with E-state index in [9.17, 15) is 4.79 Å². The minimum Gasteiger partial charge on any atom is -0.489 e. The molecule has 5 nitrogen and oxygen atoms in total. The van der Waals surface area contributed by atoms with Gasteiger partial charge in [-0.1, -0.05) is 0 Å². The summed E-state index contributed by atoms with van der Waals surface area (Å²) in [5, 5.41) is 6.81. The monoisotopic (exact) mass is 369 g/mol. The Balaban J connectivity index is 1.66. The number of hydrogen-bond donors (Lipinski definition) is 1. The molecule has 5 rings (SSSR count). The topological polar surface area (TPSA) is 58.2 Å². The number of anilines is 1. The van der Waals surface area contributed by atoms with Gasteiger partial charge in [0.05, 0.1) is 18.0 Å². The van der Waals surface area contributed by atoms with Crippen LogP contribution < -0.4 is 9.64 Å². The number of nitrogens with zero attached hydrogens (tertiary/aromatic N) is 2. The molecule has 2 aliphatic carbocycles. The van der Waals surface area contributed by atoms with Gasteiger partial charge in [-0.25, -0.2) is 4.39 Å². The van der Waals surface area contributed by atoms with E-state index in [4.69, 9.17) is 4.74 Å². The van der Waals surface area contributed by atoms with E-state index in [1.165, 1.54) is 12.5 Å². The quantitative estimate of drug-likeness (QED) is 0.878. The normalized spacial score (nSPS) is 22.3. The summed E-state index contributed by atoms with van der Waals surface area (Å²) < 4.78 is 21.7. The van der Waals surface area contributed by atoms with Crippen LogP contribution in [-0.4, -0.2) is 28.3 Å². The molecule has 0 bridgehead atoms. The summed E-state index contributed by atoms with van der Waals surface area (Å²) >= 11 is 0. The molecular weight excluding hydrogens is 345 g/mol. The highest BCUT2D eigenvalue weighted by Gasteiger charge is 2.41. The van der Waals surface area contributed by atoms with Crippen molar-refractivity contribution >= 4 is 11.6 Å². The second-order valence-corrected chi connectivity index (χ2v) is 8.09. The maximum absolute atomic E-state index is 15.3. The molecule has 6 heteroatoms. The summed E-state index contributed by atoms with van der Waals surface area (Å²) in [6.45, 7) is 2.01. The Labute approximate surface area is 157 Å². The van der Waals surface area contributed by atoms with Crippen LogP contribution in [0.4, 0.5) is 10.1 Å². The Morgan fingerprint density at radius 1 is 1.30 bits per heavy atom. The molecule has 0 saturated heterocycles. The number of benzene rings is 1. The summed E-state index contributed by atoms with van der Waals surface area (Å²) in [5.41, 5.74) is 2.81. The first kappa shape index (κ1) is 16.8. The van der Waals surface area contributed by atoms with Gasteiger partial charge in [0.1, 0.15) is 11.6 Å². The molecule has 2 aromatic rings. The van der Waals surface area contributed by atoms with Crippen molar-refractivity contribution in [2.45, 2.75) is 64.0 Å². The van der Waals surface area contributed by atoms with E-state index in [1.54, 1.807) is 17.3 Å². The summed E-state index contributed by atoms with van der Waals surface area (Å²) in [4.78, 5) is 14.6. The molecule has 2 fully saturated rings. The number of rotatable bonds is 4. The van der Waals surface area contributed by atoms with E-state index in [1.807, 2.05) is 6.92 Å². The number of nitrogens with one attached hydrogen (secondary N) is 1. The van der Waals surface area contributed by atoms with E-state index < -0.39 is 0 Å². The van der Waals surface area contributed by atoms with Crippen molar-refractivity contribution in [1.82, 2.24) is 10.2 Å². The number of aromatic nitrogens is 2. The van der Waals surface area contributed by atoms with Crippen molar-refractivity contribution in [3.05, 3.63) is 29.8 Å². The molecule has 3 aliphatic rings. The van der Waals surface area contributed by atoms with Crippen molar-refractivity contribution in [2.75, 3.05) is 4.90 Å². The standard InChI is InChI=1S/C21H24FN3O2/c1-12-5-8-16-19(25(12)21(26)13-6-7-13)18(22)9-17(14-10-23-24-11-14)20(16)27-15-3-2-4-15/h9-13,15H,2-8H2,1H3,(H,23,24). The highest BCUT2D eigenvalue weighted by Crippen LogP contribution is 2.47. The van der Waals surface area contributed by atoms with Gasteiger partial charge >= 0.3 is 0 Å². The summed E-state index contributed by atoms with van der Waals surface area (Å²) in [5.74, 6) is 0.510. The van der Waals surface area contributed by atoms with Crippen LogP contribution in [-0.2, 0) is 11.2 Å². The van der Waals surface area contributed by atoms with Crippen molar-refractivity contribution in [3.8, 4) is 16.9 Å². The number of fused-ring (bicyclic) bond motifs is 1. The van der Waals surface area contributed by atoms with Crippen LogP contribution in [0.3, 0.4) is 0 Å². The summed E-state index contributed by atoms with van der Waals surface area (Å²) in [6.07, 6.45) is 10.2. The van der Waals surface area contributed by atoms with Gasteiger partial charge in [0.2, 0.25) is 5.91 Å². The molecule has 2 heterocycles. The third kappa shape index (κ3) is 2.82. The number of ether oxygens (including phenoxy) is 1. The van der Waals surface area contributed by atoms with E-state index in [0.717, 1.165) is 61.0 Å². The number of aromatic amines is 1. The van der Waals surface area contributed by atoms with Gasteiger partial charge < -0.3 is 9.64 Å². The first-order chi connectivity index (χ1) is 13.1. The molecular formula is C21H24FN3O2. The van der Waals surface area contributed by atoms with Gasteiger partial charge in [0.15, 0.2) is 0 Å². The molecule has 142 valence electrons. The Hall–Kier alpha value is -2.37. The molecule has 1 aromatic carbocycles. The van der Waals surface area contributed by atoms with Crippen LogP contribution in [0.2, 0.25) is 0 Å². The molecule has 1 aromatic heterocycles. The second-order valence-electron chi connectivity index (χ2n) is 8.09. The smallest absolute Gasteiger partial charge is 0.230 e. The predicted octanol–water partition coefficient (Wildman–Crippen LogP) is 4.22. The lowest BCUT2D eigenvalue weighted by molar-refractivity contribution is -0.120. The lowest BCUT2D eigenvalue weighted by atomic mass is 9.90. The maximum atomic E-state index is 15.3. The molecule has 1 aliphatic heterocycles. The fourth-order valence-electron chi connectivity index (χ4n) is 4.13. The van der Waals surface area contributed by atoms with Crippen LogP contribution in [0.25, 0.3) is 11.1 Å². The third-order valence-corrected chi connectivity index (χ3v) is 6.11. The van der Waals surface area contributed by atoms with E-state index >= 15 is 4.39 Å². The SMILES string of the molecule is CC1CCc2c(OC3CCC3)c(-c3cn[nH]c3)cc(F)c2N1C(=O)C1CC1. The van der Waals surface area contributed by atoms with Crippen LogP contribution >= 0.6 is 0 Å². The maximum Gasteiger partial charge on any atom is 0.230 e. The Morgan fingerprint density at radius 3 is 2.74 bits per heavy atom. The minimum atomic E-state index is -0.345. The number of halogens is 1. The zero-order valence-electron chi connectivity index (χ0n) is 15.5. The molecule has 1 N–H and O–H groups in total. The Bertz CT molecular complexity index is 872. The van der Waals surface area contributed by atoms with Crippen LogP contribution in [0, 0.1) is 11.7 Å².